The van der Waals surface area contributed by atoms with Gasteiger partial charge in [-0.1, -0.05) is 35.5 Å². The van der Waals surface area contributed by atoms with Crippen molar-refractivity contribution in [3.8, 4) is 0 Å². The highest BCUT2D eigenvalue weighted by molar-refractivity contribution is 5.89. The zero-order valence-corrected chi connectivity index (χ0v) is 15.3. The second kappa shape index (κ2) is 7.48. The summed E-state index contributed by atoms with van der Waals surface area (Å²) in [6.07, 6.45) is 1.92. The Balaban J connectivity index is 1.46. The summed E-state index contributed by atoms with van der Waals surface area (Å²) in [4.78, 5) is 32.9. The van der Waals surface area contributed by atoms with Gasteiger partial charge in [-0.2, -0.15) is 4.98 Å². The zero-order chi connectivity index (χ0) is 18.8. The molecule has 4 heterocycles. The fourth-order valence-corrected chi connectivity index (χ4v) is 3.96. The second-order valence-electron chi connectivity index (χ2n) is 7.16. The van der Waals surface area contributed by atoms with Crippen LogP contribution in [0.3, 0.4) is 0 Å². The summed E-state index contributed by atoms with van der Waals surface area (Å²) >= 11 is 0. The molecule has 3 aliphatic rings. The molecule has 1 N–H and O–H groups in total. The van der Waals surface area contributed by atoms with Crippen LogP contribution in [0.4, 0.5) is 0 Å². The number of nitrogens with one attached hydrogen (secondary N) is 1. The first-order valence-corrected chi connectivity index (χ1v) is 9.25. The minimum absolute atomic E-state index is 0.00575. The van der Waals surface area contributed by atoms with Gasteiger partial charge in [0.25, 0.3) is 11.7 Å². The molecule has 0 unspecified atom stereocenters. The van der Waals surface area contributed by atoms with E-state index < -0.39 is 0 Å². The van der Waals surface area contributed by atoms with Crippen molar-refractivity contribution in [1.82, 2.24) is 25.3 Å². The third-order valence-electron chi connectivity index (χ3n) is 5.32. The molecule has 3 fully saturated rings. The van der Waals surface area contributed by atoms with Crippen molar-refractivity contribution >= 4 is 11.8 Å². The Morgan fingerprint density at radius 1 is 1.22 bits per heavy atom. The summed E-state index contributed by atoms with van der Waals surface area (Å²) in [6, 6.07) is 10.3. The Bertz CT molecular complexity index is 822. The van der Waals surface area contributed by atoms with Gasteiger partial charge in [-0.3, -0.25) is 14.5 Å². The van der Waals surface area contributed by atoms with Crippen molar-refractivity contribution in [1.29, 1.82) is 0 Å². The summed E-state index contributed by atoms with van der Waals surface area (Å²) in [5, 5.41) is 6.19. The van der Waals surface area contributed by atoms with Crippen molar-refractivity contribution in [2.75, 3.05) is 20.1 Å². The lowest BCUT2D eigenvalue weighted by molar-refractivity contribution is -0.140. The van der Waals surface area contributed by atoms with Crippen LogP contribution in [0.5, 0.6) is 0 Å². The smallest absolute Gasteiger partial charge is 0.292 e. The van der Waals surface area contributed by atoms with Crippen molar-refractivity contribution in [2.24, 2.45) is 5.92 Å². The minimum Gasteiger partial charge on any atom is -0.352 e. The van der Waals surface area contributed by atoms with E-state index in [2.05, 4.69) is 32.5 Å². The topological polar surface area (TPSA) is 91.6 Å². The van der Waals surface area contributed by atoms with E-state index in [0.29, 0.717) is 25.5 Å². The predicted molar refractivity (Wildman–Crippen MR) is 96.5 cm³/mol. The van der Waals surface area contributed by atoms with Crippen LogP contribution in [0.15, 0.2) is 34.9 Å². The van der Waals surface area contributed by atoms with Gasteiger partial charge in [0.15, 0.2) is 0 Å². The maximum atomic E-state index is 12.9. The van der Waals surface area contributed by atoms with Crippen molar-refractivity contribution in [3.63, 3.8) is 0 Å². The van der Waals surface area contributed by atoms with Crippen LogP contribution in [0.2, 0.25) is 0 Å². The van der Waals surface area contributed by atoms with Crippen molar-refractivity contribution in [3.05, 3.63) is 47.6 Å². The van der Waals surface area contributed by atoms with E-state index in [9.17, 15) is 9.59 Å². The Morgan fingerprint density at radius 3 is 2.81 bits per heavy atom. The normalized spacial score (nSPS) is 22.7. The summed E-state index contributed by atoms with van der Waals surface area (Å²) in [5.41, 5.74) is 1.15. The number of fused-ring (bicyclic) bond motifs is 4. The van der Waals surface area contributed by atoms with E-state index in [4.69, 9.17) is 4.52 Å². The highest BCUT2D eigenvalue weighted by atomic mass is 16.5. The number of aromatic nitrogens is 2. The molecular weight excluding hydrogens is 346 g/mol. The van der Waals surface area contributed by atoms with Gasteiger partial charge in [0, 0.05) is 32.7 Å². The lowest BCUT2D eigenvalue weighted by Crippen LogP contribution is -2.47. The van der Waals surface area contributed by atoms with Crippen LogP contribution in [0.1, 0.15) is 34.9 Å². The SMILES string of the molecule is CNC(=O)c1noc(CN2C[C@@H]3CC[C@H](C2)N(Cc2ccccc2)C3=O)n1. The van der Waals surface area contributed by atoms with Gasteiger partial charge < -0.3 is 14.7 Å². The molecule has 27 heavy (non-hydrogen) atoms. The Labute approximate surface area is 157 Å². The maximum absolute atomic E-state index is 12.9. The van der Waals surface area contributed by atoms with Gasteiger partial charge in [-0.25, -0.2) is 0 Å². The Hall–Kier alpha value is -2.74. The maximum Gasteiger partial charge on any atom is 0.292 e. The standard InChI is InChI=1S/C19H23N5O3/c1-20-18(25)17-21-16(27-22-17)12-23-10-14-7-8-15(11-23)24(19(14)26)9-13-5-3-2-4-6-13/h2-6,14-15H,7-12H2,1H3,(H,20,25)/t14-,15+/m0/s1. The molecule has 2 amide bonds. The van der Waals surface area contributed by atoms with E-state index in [-0.39, 0.29) is 29.6 Å². The Morgan fingerprint density at radius 2 is 2.04 bits per heavy atom. The molecule has 3 aliphatic heterocycles. The number of carbonyl (C=O) groups excluding carboxylic acids is 2. The average Bonchev–Trinajstić information content (AvgIpc) is 3.00. The molecule has 1 aromatic heterocycles. The number of amides is 2. The van der Waals surface area contributed by atoms with Crippen molar-refractivity contribution in [2.45, 2.75) is 32.0 Å². The third kappa shape index (κ3) is 3.71. The van der Waals surface area contributed by atoms with Crippen LogP contribution in [-0.2, 0) is 17.9 Å². The van der Waals surface area contributed by atoms with E-state index in [1.165, 1.54) is 7.05 Å². The monoisotopic (exact) mass is 369 g/mol. The number of nitrogens with zero attached hydrogens (tertiary/aromatic N) is 4. The van der Waals surface area contributed by atoms with E-state index in [0.717, 1.165) is 24.9 Å². The first kappa shape index (κ1) is 17.7. The minimum atomic E-state index is -0.370. The van der Waals surface area contributed by atoms with Crippen LogP contribution in [0.25, 0.3) is 0 Å². The average molecular weight is 369 g/mol. The largest absolute Gasteiger partial charge is 0.352 e. The van der Waals surface area contributed by atoms with Gasteiger partial charge in [0.1, 0.15) is 0 Å². The van der Waals surface area contributed by atoms with E-state index in [1.807, 2.05) is 23.1 Å². The van der Waals surface area contributed by atoms with E-state index >= 15 is 0 Å². The number of hydrogen-bond acceptors (Lipinski definition) is 6. The summed E-state index contributed by atoms with van der Waals surface area (Å²) in [6.45, 7) is 2.55. The lowest BCUT2D eigenvalue weighted by Gasteiger charge is -2.36. The molecule has 0 saturated carbocycles. The molecular formula is C19H23N5O3. The van der Waals surface area contributed by atoms with Crippen LogP contribution in [0, 0.1) is 5.92 Å². The molecule has 0 spiro atoms. The molecule has 5 rings (SSSR count). The molecule has 3 saturated heterocycles. The van der Waals surface area contributed by atoms with E-state index in [1.54, 1.807) is 0 Å². The predicted octanol–water partition coefficient (Wildman–Crippen LogP) is 1.05. The first-order chi connectivity index (χ1) is 13.1. The van der Waals surface area contributed by atoms with Gasteiger partial charge in [-0.15, -0.1) is 0 Å². The summed E-state index contributed by atoms with van der Waals surface area (Å²) in [7, 11) is 1.53. The summed E-state index contributed by atoms with van der Waals surface area (Å²) in [5.74, 6) is 0.289. The van der Waals surface area contributed by atoms with Gasteiger partial charge in [-0.05, 0) is 18.4 Å². The Kier molecular flexibility index (Phi) is 4.89. The number of piperidine rings is 1. The third-order valence-corrected chi connectivity index (χ3v) is 5.32. The molecule has 8 heteroatoms. The molecule has 8 nitrogen and oxygen atoms in total. The van der Waals surface area contributed by atoms with Crippen LogP contribution >= 0.6 is 0 Å². The second-order valence-corrected chi connectivity index (χ2v) is 7.16. The van der Waals surface area contributed by atoms with Crippen LogP contribution in [-0.4, -0.2) is 57.9 Å². The number of rotatable bonds is 5. The number of benzene rings is 1. The fourth-order valence-electron chi connectivity index (χ4n) is 3.96. The van der Waals surface area contributed by atoms with Crippen molar-refractivity contribution < 1.29 is 14.1 Å². The molecule has 2 aromatic rings. The molecule has 142 valence electrons. The molecule has 1 aromatic carbocycles. The number of hydrogen-bond donors (Lipinski definition) is 1. The van der Waals surface area contributed by atoms with Gasteiger partial charge in [0.05, 0.1) is 12.5 Å². The van der Waals surface area contributed by atoms with Crippen LogP contribution < -0.4 is 5.32 Å². The molecule has 2 atom stereocenters. The zero-order valence-electron chi connectivity index (χ0n) is 15.3. The molecule has 0 radical (unpaired) electrons. The van der Waals surface area contributed by atoms with Gasteiger partial charge >= 0.3 is 0 Å². The highest BCUT2D eigenvalue weighted by Gasteiger charge is 2.40. The lowest BCUT2D eigenvalue weighted by atomic mass is 9.93. The quantitative estimate of drug-likeness (QED) is 0.847. The first-order valence-electron chi connectivity index (χ1n) is 9.25. The highest BCUT2D eigenvalue weighted by Crippen LogP contribution is 2.31. The fraction of sp³-hybridized carbons (Fsp3) is 0.474. The molecule has 0 aliphatic carbocycles. The van der Waals surface area contributed by atoms with Gasteiger partial charge in [0.2, 0.25) is 11.8 Å². The summed E-state index contributed by atoms with van der Waals surface area (Å²) < 4.78 is 5.21. The molecule has 2 bridgehead atoms. The number of carbonyl (C=O) groups is 2.